The molecule has 0 radical (unpaired) electrons. The molecule has 2 saturated heterocycles. The number of sulfonamides is 1. The molecule has 0 saturated carbocycles. The molecule has 2 aliphatic heterocycles. The van der Waals surface area contributed by atoms with E-state index < -0.39 is 15.8 Å². The third-order valence-corrected chi connectivity index (χ3v) is 5.89. The summed E-state index contributed by atoms with van der Waals surface area (Å²) in [6.45, 7) is 1.51. The average molecular weight is 376 g/mol. The van der Waals surface area contributed by atoms with Crippen LogP contribution in [0.2, 0.25) is 0 Å². The van der Waals surface area contributed by atoms with Crippen molar-refractivity contribution in [3.05, 3.63) is 0 Å². The Balaban J connectivity index is 0.00000264. The maximum atomic E-state index is 12.5. The third-order valence-electron chi connectivity index (χ3n) is 4.35. The van der Waals surface area contributed by atoms with Crippen molar-refractivity contribution in [3.8, 4) is 0 Å². The van der Waals surface area contributed by atoms with Crippen LogP contribution in [0.4, 0.5) is 8.78 Å². The van der Waals surface area contributed by atoms with Gasteiger partial charge in [0.2, 0.25) is 5.91 Å². The Bertz CT molecular complexity index is 479. The van der Waals surface area contributed by atoms with Crippen molar-refractivity contribution >= 4 is 28.3 Å². The van der Waals surface area contributed by atoms with Crippen molar-refractivity contribution in [1.29, 1.82) is 0 Å². The number of piperidine rings is 2. The molecule has 2 aliphatic rings. The minimum Gasteiger partial charge on any atom is -0.354 e. The molecule has 1 unspecified atom stereocenters. The minimum atomic E-state index is -4.47. The molecular formula is C13H24ClF2N3O3S. The summed E-state index contributed by atoms with van der Waals surface area (Å²) in [5, 5.41) is 6.04. The first-order valence-electron chi connectivity index (χ1n) is 7.69. The molecule has 136 valence electrons. The quantitative estimate of drug-likeness (QED) is 0.749. The van der Waals surface area contributed by atoms with E-state index in [0.717, 1.165) is 30.1 Å². The molecule has 2 heterocycles. The van der Waals surface area contributed by atoms with Crippen LogP contribution in [0.5, 0.6) is 0 Å². The molecule has 10 heteroatoms. The van der Waals surface area contributed by atoms with E-state index in [9.17, 15) is 22.0 Å². The zero-order valence-electron chi connectivity index (χ0n) is 12.8. The summed E-state index contributed by atoms with van der Waals surface area (Å²) in [5.41, 5.74) is 0. The van der Waals surface area contributed by atoms with Crippen LogP contribution in [0.15, 0.2) is 0 Å². The SMILES string of the molecule is Cl.O=C(NCC1CCN(S(=O)(=O)C(F)F)CC1)C1CCCCN1. The van der Waals surface area contributed by atoms with Crippen molar-refractivity contribution in [2.24, 2.45) is 5.92 Å². The van der Waals surface area contributed by atoms with Gasteiger partial charge in [-0.25, -0.2) is 8.42 Å². The molecular weight excluding hydrogens is 352 g/mol. The number of alkyl halides is 2. The number of nitrogens with one attached hydrogen (secondary N) is 2. The van der Waals surface area contributed by atoms with Crippen molar-refractivity contribution in [3.63, 3.8) is 0 Å². The van der Waals surface area contributed by atoms with E-state index in [1.54, 1.807) is 0 Å². The highest BCUT2D eigenvalue weighted by Gasteiger charge is 2.34. The number of rotatable bonds is 5. The summed E-state index contributed by atoms with van der Waals surface area (Å²) in [6.07, 6.45) is 3.93. The van der Waals surface area contributed by atoms with Crippen molar-refractivity contribution in [1.82, 2.24) is 14.9 Å². The second-order valence-electron chi connectivity index (χ2n) is 5.90. The summed E-state index contributed by atoms with van der Waals surface area (Å²) in [6, 6.07) is -0.145. The number of halogens is 3. The van der Waals surface area contributed by atoms with Crippen LogP contribution in [-0.4, -0.2) is 56.6 Å². The molecule has 2 rings (SSSR count). The van der Waals surface area contributed by atoms with Gasteiger partial charge in [0.15, 0.2) is 0 Å². The molecule has 23 heavy (non-hydrogen) atoms. The Hall–Kier alpha value is -0.510. The van der Waals surface area contributed by atoms with E-state index in [1.807, 2.05) is 0 Å². The highest BCUT2D eigenvalue weighted by Crippen LogP contribution is 2.22. The first-order chi connectivity index (χ1) is 10.4. The van der Waals surface area contributed by atoms with Gasteiger partial charge in [-0.05, 0) is 38.1 Å². The molecule has 0 aliphatic carbocycles. The van der Waals surface area contributed by atoms with Gasteiger partial charge in [0.25, 0.3) is 10.0 Å². The Labute approximate surface area is 141 Å². The summed E-state index contributed by atoms with van der Waals surface area (Å²) in [4.78, 5) is 12.0. The van der Waals surface area contributed by atoms with Crippen molar-refractivity contribution < 1.29 is 22.0 Å². The van der Waals surface area contributed by atoms with Crippen LogP contribution >= 0.6 is 12.4 Å². The molecule has 0 aromatic rings. The standard InChI is InChI=1S/C13H23F2N3O3S.ClH/c14-13(15)22(20,21)18-7-4-10(5-8-18)9-17-12(19)11-3-1-2-6-16-11;/h10-11,13,16H,1-9H2,(H,17,19);1H. The van der Waals surface area contributed by atoms with E-state index in [2.05, 4.69) is 10.6 Å². The molecule has 0 aromatic heterocycles. The largest absolute Gasteiger partial charge is 0.354 e. The normalized spacial score (nSPS) is 24.2. The van der Waals surface area contributed by atoms with Gasteiger partial charge in [-0.15, -0.1) is 12.4 Å². The van der Waals surface area contributed by atoms with Crippen LogP contribution in [0.3, 0.4) is 0 Å². The number of carbonyl (C=O) groups excluding carboxylic acids is 1. The van der Waals surface area contributed by atoms with E-state index in [1.165, 1.54) is 0 Å². The average Bonchev–Trinajstić information content (AvgIpc) is 2.53. The Kier molecular flexibility index (Phi) is 8.12. The summed E-state index contributed by atoms with van der Waals surface area (Å²) >= 11 is 0. The number of nitrogens with zero attached hydrogens (tertiary/aromatic N) is 1. The van der Waals surface area contributed by atoms with Gasteiger partial charge in [0, 0.05) is 19.6 Å². The molecule has 1 amide bonds. The van der Waals surface area contributed by atoms with Gasteiger partial charge < -0.3 is 10.6 Å². The van der Waals surface area contributed by atoms with Crippen molar-refractivity contribution in [2.75, 3.05) is 26.2 Å². The second-order valence-corrected chi connectivity index (χ2v) is 7.80. The van der Waals surface area contributed by atoms with E-state index in [-0.39, 0.29) is 43.4 Å². The Morgan fingerprint density at radius 3 is 2.39 bits per heavy atom. The molecule has 6 nitrogen and oxygen atoms in total. The predicted molar refractivity (Wildman–Crippen MR) is 85.1 cm³/mol. The first-order valence-corrected chi connectivity index (χ1v) is 9.20. The summed E-state index contributed by atoms with van der Waals surface area (Å²) < 4.78 is 48.5. The minimum absolute atomic E-state index is 0. The van der Waals surface area contributed by atoms with E-state index >= 15 is 0 Å². The van der Waals surface area contributed by atoms with Gasteiger partial charge in [0.05, 0.1) is 6.04 Å². The number of amides is 1. The maximum absolute atomic E-state index is 12.5. The summed E-state index contributed by atoms with van der Waals surface area (Å²) in [7, 11) is -4.47. The second kappa shape index (κ2) is 9.10. The van der Waals surface area contributed by atoms with Crippen molar-refractivity contribution in [2.45, 2.75) is 43.9 Å². The lowest BCUT2D eigenvalue weighted by atomic mass is 9.97. The summed E-state index contributed by atoms with van der Waals surface area (Å²) in [5.74, 6) is -3.25. The van der Waals surface area contributed by atoms with E-state index in [4.69, 9.17) is 0 Å². The number of carbonyl (C=O) groups is 1. The number of hydrogen-bond donors (Lipinski definition) is 2. The molecule has 2 fully saturated rings. The zero-order chi connectivity index (χ0) is 16.2. The fourth-order valence-corrected chi connectivity index (χ4v) is 3.87. The lowest BCUT2D eigenvalue weighted by Crippen LogP contribution is -2.49. The monoisotopic (exact) mass is 375 g/mol. The predicted octanol–water partition coefficient (Wildman–Crippen LogP) is 0.931. The van der Waals surface area contributed by atoms with Crippen LogP contribution in [0.25, 0.3) is 0 Å². The maximum Gasteiger partial charge on any atom is 0.350 e. The Morgan fingerprint density at radius 1 is 1.22 bits per heavy atom. The third kappa shape index (κ3) is 5.51. The van der Waals surface area contributed by atoms with Crippen LogP contribution in [-0.2, 0) is 14.8 Å². The highest BCUT2D eigenvalue weighted by atomic mass is 35.5. The van der Waals surface area contributed by atoms with Crippen LogP contribution in [0.1, 0.15) is 32.1 Å². The van der Waals surface area contributed by atoms with E-state index in [0.29, 0.717) is 19.4 Å². The van der Waals surface area contributed by atoms with Gasteiger partial charge in [-0.3, -0.25) is 4.79 Å². The highest BCUT2D eigenvalue weighted by molar-refractivity contribution is 7.89. The molecule has 0 bridgehead atoms. The fraction of sp³-hybridized carbons (Fsp3) is 0.923. The topological polar surface area (TPSA) is 78.5 Å². The van der Waals surface area contributed by atoms with Gasteiger partial charge in [-0.1, -0.05) is 6.42 Å². The molecule has 1 atom stereocenters. The van der Waals surface area contributed by atoms with Gasteiger partial charge >= 0.3 is 5.76 Å². The molecule has 0 aromatic carbocycles. The fourth-order valence-electron chi connectivity index (χ4n) is 2.92. The first kappa shape index (κ1) is 20.5. The molecule has 2 N–H and O–H groups in total. The molecule has 0 spiro atoms. The lowest BCUT2D eigenvalue weighted by molar-refractivity contribution is -0.123. The van der Waals surface area contributed by atoms with Gasteiger partial charge in [-0.2, -0.15) is 13.1 Å². The lowest BCUT2D eigenvalue weighted by Gasteiger charge is -2.31. The van der Waals surface area contributed by atoms with Crippen LogP contribution < -0.4 is 10.6 Å². The zero-order valence-corrected chi connectivity index (χ0v) is 14.5. The Morgan fingerprint density at radius 2 is 1.87 bits per heavy atom. The van der Waals surface area contributed by atoms with Crippen LogP contribution in [0, 0.1) is 5.92 Å². The smallest absolute Gasteiger partial charge is 0.350 e. The van der Waals surface area contributed by atoms with Gasteiger partial charge in [0.1, 0.15) is 0 Å². The number of hydrogen-bond acceptors (Lipinski definition) is 4.